The van der Waals surface area contributed by atoms with Crippen molar-refractivity contribution in [3.05, 3.63) is 71.3 Å². The predicted octanol–water partition coefficient (Wildman–Crippen LogP) is 2.77. The molecular weight excluding hydrogens is 338 g/mol. The second kappa shape index (κ2) is 7.45. The minimum atomic E-state index is -0.882. The fraction of sp³-hybridized carbons (Fsp3) is 0.435. The molecule has 1 aliphatic heterocycles. The van der Waals surface area contributed by atoms with Gasteiger partial charge in [-0.2, -0.15) is 0 Å². The highest BCUT2D eigenvalue weighted by Crippen LogP contribution is 2.35. The van der Waals surface area contributed by atoms with Crippen LogP contribution in [0.4, 0.5) is 0 Å². The summed E-state index contributed by atoms with van der Waals surface area (Å²) in [5.74, 6) is 0.00397. The number of hydrogen-bond donors (Lipinski definition) is 2. The number of rotatable bonds is 4. The summed E-state index contributed by atoms with van der Waals surface area (Å²) in [4.78, 5) is 13.3. The summed E-state index contributed by atoms with van der Waals surface area (Å²) in [5, 5.41) is 14.2. The first-order chi connectivity index (χ1) is 13.1. The Balaban J connectivity index is 1.49. The SMILES string of the molecule is O=C(NCC1(O)CCc2ccccc2C1)C1(c2ccccc2)CCOCC1. The Morgan fingerprint density at radius 3 is 2.37 bits per heavy atom. The molecule has 2 aliphatic rings. The minimum Gasteiger partial charge on any atom is -0.388 e. The Morgan fingerprint density at radius 2 is 1.63 bits per heavy atom. The van der Waals surface area contributed by atoms with E-state index in [2.05, 4.69) is 17.4 Å². The topological polar surface area (TPSA) is 58.6 Å². The number of ether oxygens (including phenoxy) is 1. The average Bonchev–Trinajstić information content (AvgIpc) is 2.73. The van der Waals surface area contributed by atoms with Crippen molar-refractivity contribution in [2.45, 2.75) is 43.1 Å². The number of amides is 1. The summed E-state index contributed by atoms with van der Waals surface area (Å²) in [7, 11) is 0. The monoisotopic (exact) mass is 365 g/mol. The van der Waals surface area contributed by atoms with E-state index in [-0.39, 0.29) is 12.5 Å². The van der Waals surface area contributed by atoms with Crippen molar-refractivity contribution in [1.29, 1.82) is 0 Å². The van der Waals surface area contributed by atoms with Gasteiger partial charge in [0.25, 0.3) is 0 Å². The van der Waals surface area contributed by atoms with Gasteiger partial charge in [-0.05, 0) is 42.4 Å². The maximum absolute atomic E-state index is 13.3. The Morgan fingerprint density at radius 1 is 0.963 bits per heavy atom. The lowest BCUT2D eigenvalue weighted by atomic mass is 9.73. The van der Waals surface area contributed by atoms with E-state index in [1.54, 1.807) is 0 Å². The van der Waals surface area contributed by atoms with Crippen LogP contribution in [0.15, 0.2) is 54.6 Å². The minimum absolute atomic E-state index is 0.00397. The van der Waals surface area contributed by atoms with Crippen molar-refractivity contribution < 1.29 is 14.6 Å². The number of fused-ring (bicyclic) bond motifs is 1. The van der Waals surface area contributed by atoms with Crippen LogP contribution in [0.3, 0.4) is 0 Å². The average molecular weight is 365 g/mol. The van der Waals surface area contributed by atoms with Gasteiger partial charge in [0.2, 0.25) is 5.91 Å². The molecule has 1 fully saturated rings. The van der Waals surface area contributed by atoms with Crippen molar-refractivity contribution >= 4 is 5.91 Å². The van der Waals surface area contributed by atoms with Gasteiger partial charge in [-0.1, -0.05) is 54.6 Å². The zero-order valence-corrected chi connectivity index (χ0v) is 15.6. The van der Waals surface area contributed by atoms with E-state index in [4.69, 9.17) is 4.74 Å². The predicted molar refractivity (Wildman–Crippen MR) is 105 cm³/mol. The van der Waals surface area contributed by atoms with Gasteiger partial charge in [0.05, 0.1) is 11.0 Å². The summed E-state index contributed by atoms with van der Waals surface area (Å²) in [6, 6.07) is 18.2. The molecule has 4 nitrogen and oxygen atoms in total. The molecular formula is C23H27NO3. The van der Waals surface area contributed by atoms with E-state index in [1.165, 1.54) is 11.1 Å². The normalized spacial score (nSPS) is 24.0. The molecule has 1 unspecified atom stereocenters. The molecule has 1 atom stereocenters. The molecule has 2 aromatic carbocycles. The lowest BCUT2D eigenvalue weighted by Crippen LogP contribution is -2.53. The number of aliphatic hydroxyl groups is 1. The summed E-state index contributed by atoms with van der Waals surface area (Å²) < 4.78 is 5.52. The number of carbonyl (C=O) groups is 1. The van der Waals surface area contributed by atoms with Gasteiger partial charge >= 0.3 is 0 Å². The van der Waals surface area contributed by atoms with E-state index in [9.17, 15) is 9.90 Å². The van der Waals surface area contributed by atoms with Crippen molar-refractivity contribution in [2.24, 2.45) is 0 Å². The molecule has 0 radical (unpaired) electrons. The maximum Gasteiger partial charge on any atom is 0.230 e. The van der Waals surface area contributed by atoms with Crippen LogP contribution in [0.5, 0.6) is 0 Å². The Kier molecular flexibility index (Phi) is 5.02. The van der Waals surface area contributed by atoms with Gasteiger partial charge in [-0.25, -0.2) is 0 Å². The van der Waals surface area contributed by atoms with Crippen LogP contribution in [0.2, 0.25) is 0 Å². The van der Waals surface area contributed by atoms with Crippen LogP contribution in [0.1, 0.15) is 36.0 Å². The van der Waals surface area contributed by atoms with Gasteiger partial charge in [0.1, 0.15) is 0 Å². The van der Waals surface area contributed by atoms with E-state index in [0.717, 1.165) is 12.0 Å². The molecule has 27 heavy (non-hydrogen) atoms. The highest BCUT2D eigenvalue weighted by Gasteiger charge is 2.42. The van der Waals surface area contributed by atoms with E-state index < -0.39 is 11.0 Å². The van der Waals surface area contributed by atoms with E-state index >= 15 is 0 Å². The standard InChI is InChI=1S/C23H27NO3/c25-21(23(12-14-27-15-13-23)20-8-2-1-3-9-20)24-17-22(26)11-10-18-6-4-5-7-19(18)16-22/h1-9,26H,10-17H2,(H,24,25). The number of benzene rings is 2. The highest BCUT2D eigenvalue weighted by atomic mass is 16.5. The second-order valence-corrected chi connectivity index (χ2v) is 7.91. The zero-order chi connectivity index (χ0) is 18.7. The Bertz CT molecular complexity index is 798. The molecule has 0 bridgehead atoms. The molecule has 4 heteroatoms. The van der Waals surface area contributed by atoms with E-state index in [0.29, 0.717) is 38.9 Å². The number of carbonyl (C=O) groups excluding carboxylic acids is 1. The van der Waals surface area contributed by atoms with Gasteiger partial charge in [-0.15, -0.1) is 0 Å². The van der Waals surface area contributed by atoms with E-state index in [1.807, 2.05) is 42.5 Å². The molecule has 0 spiro atoms. The quantitative estimate of drug-likeness (QED) is 0.876. The smallest absolute Gasteiger partial charge is 0.230 e. The number of aryl methyl sites for hydroxylation is 1. The Hall–Kier alpha value is -2.17. The van der Waals surface area contributed by atoms with Crippen molar-refractivity contribution in [2.75, 3.05) is 19.8 Å². The molecule has 0 aromatic heterocycles. The van der Waals surface area contributed by atoms with Gasteiger partial charge < -0.3 is 15.2 Å². The summed E-state index contributed by atoms with van der Waals surface area (Å²) in [6.07, 6.45) is 3.45. The molecule has 142 valence electrons. The molecule has 1 aliphatic carbocycles. The van der Waals surface area contributed by atoms with Crippen LogP contribution in [-0.4, -0.2) is 36.4 Å². The maximum atomic E-state index is 13.3. The molecule has 2 N–H and O–H groups in total. The molecule has 1 saturated heterocycles. The lowest BCUT2D eigenvalue weighted by molar-refractivity contribution is -0.131. The summed E-state index contributed by atoms with van der Waals surface area (Å²) >= 11 is 0. The second-order valence-electron chi connectivity index (χ2n) is 7.91. The van der Waals surface area contributed by atoms with Crippen LogP contribution in [-0.2, 0) is 27.8 Å². The zero-order valence-electron chi connectivity index (χ0n) is 15.6. The third kappa shape index (κ3) is 3.64. The van der Waals surface area contributed by atoms with Crippen molar-refractivity contribution in [3.8, 4) is 0 Å². The molecule has 1 heterocycles. The third-order valence-electron chi connectivity index (χ3n) is 6.18. The molecule has 0 saturated carbocycles. The van der Waals surface area contributed by atoms with Gasteiger partial charge in [0, 0.05) is 26.2 Å². The summed E-state index contributed by atoms with van der Waals surface area (Å²) in [5.41, 5.74) is 2.07. The molecule has 1 amide bonds. The molecule has 2 aromatic rings. The first kappa shape index (κ1) is 18.2. The largest absolute Gasteiger partial charge is 0.388 e. The number of hydrogen-bond acceptors (Lipinski definition) is 3. The lowest BCUT2D eigenvalue weighted by Gasteiger charge is -2.38. The van der Waals surface area contributed by atoms with Crippen LogP contribution in [0.25, 0.3) is 0 Å². The first-order valence-electron chi connectivity index (χ1n) is 9.82. The highest BCUT2D eigenvalue weighted by molar-refractivity contribution is 5.88. The fourth-order valence-corrected chi connectivity index (χ4v) is 4.47. The molecule has 4 rings (SSSR count). The van der Waals surface area contributed by atoms with Gasteiger partial charge in [-0.3, -0.25) is 4.79 Å². The summed E-state index contributed by atoms with van der Waals surface area (Å²) in [6.45, 7) is 1.45. The van der Waals surface area contributed by atoms with Gasteiger partial charge in [0.15, 0.2) is 0 Å². The van der Waals surface area contributed by atoms with Crippen molar-refractivity contribution in [1.82, 2.24) is 5.32 Å². The van der Waals surface area contributed by atoms with Crippen LogP contribution in [0, 0.1) is 0 Å². The first-order valence-corrected chi connectivity index (χ1v) is 9.82. The Labute approximate surface area is 160 Å². The van der Waals surface area contributed by atoms with Crippen LogP contribution >= 0.6 is 0 Å². The number of nitrogens with one attached hydrogen (secondary N) is 1. The van der Waals surface area contributed by atoms with Crippen molar-refractivity contribution in [3.63, 3.8) is 0 Å². The fourth-order valence-electron chi connectivity index (χ4n) is 4.47. The van der Waals surface area contributed by atoms with Crippen LogP contribution < -0.4 is 5.32 Å². The third-order valence-corrected chi connectivity index (χ3v) is 6.18.